The number of methoxy groups -OCH3 is 1. The number of nitrogens with zero attached hydrogens (tertiary/aromatic N) is 4. The first kappa shape index (κ1) is 17.8. The van der Waals surface area contributed by atoms with Crippen LogP contribution in [0.25, 0.3) is 0 Å². The molecule has 1 aromatic heterocycles. The van der Waals surface area contributed by atoms with E-state index in [1.807, 2.05) is 24.3 Å². The number of esters is 1. The van der Waals surface area contributed by atoms with Gasteiger partial charge in [-0.2, -0.15) is 5.10 Å². The third kappa shape index (κ3) is 3.96. The summed E-state index contributed by atoms with van der Waals surface area (Å²) < 4.78 is 12.0. The monoisotopic (exact) mass is 358 g/mol. The topological polar surface area (TPSA) is 76.9 Å². The number of hydrogen-bond acceptors (Lipinski definition) is 6. The first-order valence-corrected chi connectivity index (χ1v) is 8.40. The summed E-state index contributed by atoms with van der Waals surface area (Å²) in [6.07, 6.45) is 2.97. The number of rotatable bonds is 5. The number of carbonyl (C=O) groups excluding carboxylic acids is 2. The van der Waals surface area contributed by atoms with Gasteiger partial charge in [0.2, 0.25) is 0 Å². The van der Waals surface area contributed by atoms with Gasteiger partial charge in [-0.1, -0.05) is 12.1 Å². The highest BCUT2D eigenvalue weighted by Gasteiger charge is 2.23. The summed E-state index contributed by atoms with van der Waals surface area (Å²) in [5.41, 5.74) is 1.35. The van der Waals surface area contributed by atoms with Crippen molar-refractivity contribution in [1.82, 2.24) is 14.7 Å². The molecule has 8 heteroatoms. The SMILES string of the molecule is COc1ccccc1N1CCN(C(=O)COC(=O)c2cnn(C)c2)CC1. The van der Waals surface area contributed by atoms with Crippen LogP contribution in [0.1, 0.15) is 10.4 Å². The van der Waals surface area contributed by atoms with Crippen molar-refractivity contribution < 1.29 is 19.1 Å². The Labute approximate surface area is 151 Å². The van der Waals surface area contributed by atoms with Crippen molar-refractivity contribution >= 4 is 17.6 Å². The maximum absolute atomic E-state index is 12.3. The molecule has 1 saturated heterocycles. The number of piperazine rings is 1. The number of benzene rings is 1. The van der Waals surface area contributed by atoms with Crippen LogP contribution in [0, 0.1) is 0 Å². The number of amides is 1. The number of anilines is 1. The Morgan fingerprint density at radius 3 is 2.54 bits per heavy atom. The molecule has 0 spiro atoms. The van der Waals surface area contributed by atoms with Crippen LogP contribution in [-0.2, 0) is 16.6 Å². The van der Waals surface area contributed by atoms with Crippen molar-refractivity contribution in [2.24, 2.45) is 7.05 Å². The molecule has 1 aliphatic rings. The second kappa shape index (κ2) is 7.90. The third-order valence-electron chi connectivity index (χ3n) is 4.33. The Hall–Kier alpha value is -3.03. The lowest BCUT2D eigenvalue weighted by atomic mass is 10.2. The molecule has 0 unspecified atom stereocenters. The van der Waals surface area contributed by atoms with Crippen LogP contribution in [0.2, 0.25) is 0 Å². The summed E-state index contributed by atoms with van der Waals surface area (Å²) in [6.45, 7) is 2.27. The molecular weight excluding hydrogens is 336 g/mol. The van der Waals surface area contributed by atoms with Gasteiger partial charge in [0, 0.05) is 39.4 Å². The molecule has 1 aromatic carbocycles. The minimum Gasteiger partial charge on any atom is -0.495 e. The van der Waals surface area contributed by atoms with Crippen molar-refractivity contribution in [3.05, 3.63) is 42.2 Å². The first-order chi connectivity index (χ1) is 12.6. The van der Waals surface area contributed by atoms with Gasteiger partial charge < -0.3 is 19.3 Å². The predicted molar refractivity (Wildman–Crippen MR) is 95.3 cm³/mol. The summed E-state index contributed by atoms with van der Waals surface area (Å²) in [6, 6.07) is 7.82. The minimum absolute atomic E-state index is 0.193. The third-order valence-corrected chi connectivity index (χ3v) is 4.33. The largest absolute Gasteiger partial charge is 0.495 e. The molecular formula is C18H22N4O4. The van der Waals surface area contributed by atoms with Crippen LogP contribution in [0.15, 0.2) is 36.7 Å². The fourth-order valence-corrected chi connectivity index (χ4v) is 2.92. The van der Waals surface area contributed by atoms with Gasteiger partial charge in [-0.05, 0) is 12.1 Å². The molecule has 2 heterocycles. The van der Waals surface area contributed by atoms with Crippen LogP contribution < -0.4 is 9.64 Å². The molecule has 2 aromatic rings. The second-order valence-corrected chi connectivity index (χ2v) is 6.02. The highest BCUT2D eigenvalue weighted by molar-refractivity contribution is 5.90. The molecule has 0 atom stereocenters. The Kier molecular flexibility index (Phi) is 5.40. The van der Waals surface area contributed by atoms with Gasteiger partial charge in [-0.3, -0.25) is 9.48 Å². The summed E-state index contributed by atoms with van der Waals surface area (Å²) in [5.74, 6) is 0.0821. The van der Waals surface area contributed by atoms with E-state index in [9.17, 15) is 9.59 Å². The van der Waals surface area contributed by atoms with Crippen LogP contribution in [0.3, 0.4) is 0 Å². The molecule has 1 amide bonds. The van der Waals surface area contributed by atoms with Crippen LogP contribution in [0.4, 0.5) is 5.69 Å². The highest BCUT2D eigenvalue weighted by atomic mass is 16.5. The van der Waals surface area contributed by atoms with E-state index in [-0.39, 0.29) is 12.5 Å². The zero-order valence-corrected chi connectivity index (χ0v) is 14.9. The van der Waals surface area contributed by atoms with Crippen molar-refractivity contribution in [3.63, 3.8) is 0 Å². The standard InChI is InChI=1S/C18H22N4O4/c1-20-12-14(11-19-20)18(24)26-13-17(23)22-9-7-21(8-10-22)15-5-3-4-6-16(15)25-2/h3-6,11-12H,7-10,13H2,1-2H3. The molecule has 1 aliphatic heterocycles. The zero-order chi connectivity index (χ0) is 18.5. The number of hydrogen-bond donors (Lipinski definition) is 0. The average molecular weight is 358 g/mol. The average Bonchev–Trinajstić information content (AvgIpc) is 3.12. The Morgan fingerprint density at radius 2 is 1.88 bits per heavy atom. The smallest absolute Gasteiger partial charge is 0.341 e. The van der Waals surface area contributed by atoms with Crippen LogP contribution >= 0.6 is 0 Å². The Balaban J connectivity index is 1.50. The number of para-hydroxylation sites is 2. The summed E-state index contributed by atoms with van der Waals surface area (Å²) in [7, 11) is 3.36. The lowest BCUT2D eigenvalue weighted by molar-refractivity contribution is -0.134. The van der Waals surface area contributed by atoms with E-state index in [0.29, 0.717) is 31.7 Å². The number of aromatic nitrogens is 2. The Bertz CT molecular complexity index is 781. The van der Waals surface area contributed by atoms with E-state index in [1.54, 1.807) is 25.3 Å². The molecule has 138 valence electrons. The number of carbonyl (C=O) groups is 2. The molecule has 0 radical (unpaired) electrons. The molecule has 0 N–H and O–H groups in total. The van der Waals surface area contributed by atoms with E-state index in [2.05, 4.69) is 10.00 Å². The van der Waals surface area contributed by atoms with Gasteiger partial charge in [0.25, 0.3) is 5.91 Å². The fourth-order valence-electron chi connectivity index (χ4n) is 2.92. The normalized spacial score (nSPS) is 14.2. The molecule has 3 rings (SSSR count). The summed E-state index contributed by atoms with van der Waals surface area (Å²) in [5, 5.41) is 3.91. The number of ether oxygens (including phenoxy) is 2. The molecule has 26 heavy (non-hydrogen) atoms. The summed E-state index contributed by atoms with van der Waals surface area (Å²) in [4.78, 5) is 28.1. The van der Waals surface area contributed by atoms with E-state index >= 15 is 0 Å². The predicted octanol–water partition coefficient (Wildman–Crippen LogP) is 0.934. The minimum atomic E-state index is -0.542. The lowest BCUT2D eigenvalue weighted by Crippen LogP contribution is -2.50. The van der Waals surface area contributed by atoms with Gasteiger partial charge in [-0.15, -0.1) is 0 Å². The van der Waals surface area contributed by atoms with Crippen LogP contribution in [0.5, 0.6) is 5.75 Å². The molecule has 0 bridgehead atoms. The molecule has 0 aliphatic carbocycles. The zero-order valence-electron chi connectivity index (χ0n) is 14.9. The van der Waals surface area contributed by atoms with Gasteiger partial charge in [0.1, 0.15) is 5.75 Å². The van der Waals surface area contributed by atoms with Crippen LogP contribution in [-0.4, -0.2) is 66.5 Å². The first-order valence-electron chi connectivity index (χ1n) is 8.40. The van der Waals surface area contributed by atoms with E-state index in [4.69, 9.17) is 9.47 Å². The molecule has 0 saturated carbocycles. The van der Waals surface area contributed by atoms with E-state index in [0.717, 1.165) is 11.4 Å². The van der Waals surface area contributed by atoms with Crippen molar-refractivity contribution in [3.8, 4) is 5.75 Å². The van der Waals surface area contributed by atoms with Gasteiger partial charge in [0.15, 0.2) is 6.61 Å². The number of aryl methyl sites for hydroxylation is 1. The maximum atomic E-state index is 12.3. The highest BCUT2D eigenvalue weighted by Crippen LogP contribution is 2.28. The van der Waals surface area contributed by atoms with Crippen molar-refractivity contribution in [1.29, 1.82) is 0 Å². The van der Waals surface area contributed by atoms with Gasteiger partial charge in [-0.25, -0.2) is 4.79 Å². The van der Waals surface area contributed by atoms with Crippen molar-refractivity contribution in [2.45, 2.75) is 0 Å². The van der Waals surface area contributed by atoms with E-state index in [1.165, 1.54) is 10.9 Å². The van der Waals surface area contributed by atoms with E-state index < -0.39 is 5.97 Å². The van der Waals surface area contributed by atoms with Gasteiger partial charge in [0.05, 0.1) is 24.6 Å². The fraction of sp³-hybridized carbons (Fsp3) is 0.389. The quantitative estimate of drug-likeness (QED) is 0.740. The maximum Gasteiger partial charge on any atom is 0.341 e. The lowest BCUT2D eigenvalue weighted by Gasteiger charge is -2.36. The summed E-state index contributed by atoms with van der Waals surface area (Å²) >= 11 is 0. The van der Waals surface area contributed by atoms with Gasteiger partial charge >= 0.3 is 5.97 Å². The second-order valence-electron chi connectivity index (χ2n) is 6.02. The Morgan fingerprint density at radius 1 is 1.15 bits per heavy atom. The van der Waals surface area contributed by atoms with Crippen molar-refractivity contribution in [2.75, 3.05) is 44.8 Å². The molecule has 1 fully saturated rings. The molecule has 8 nitrogen and oxygen atoms in total.